The van der Waals surface area contributed by atoms with Crippen molar-refractivity contribution in [3.63, 3.8) is 0 Å². The molecule has 0 saturated carbocycles. The Bertz CT molecular complexity index is 609. The topological polar surface area (TPSA) is 64.3 Å². The standard InChI is InChI=1S/C17H18N2O2/c18-15-7-4-8-16(13-15)21-12-11-19-17(20)10-9-14-5-2-1-3-6-14/h1-10,13H,11-12,18H2,(H,19,20). The number of nitrogens with two attached hydrogens (primary N) is 1. The second-order valence-corrected chi connectivity index (χ2v) is 4.46. The van der Waals surface area contributed by atoms with Gasteiger partial charge in [-0.05, 0) is 23.8 Å². The fourth-order valence-corrected chi connectivity index (χ4v) is 1.74. The minimum absolute atomic E-state index is 0.143. The highest BCUT2D eigenvalue weighted by Gasteiger charge is 1.97. The van der Waals surface area contributed by atoms with Crippen molar-refractivity contribution in [1.29, 1.82) is 0 Å². The van der Waals surface area contributed by atoms with E-state index < -0.39 is 0 Å². The number of rotatable bonds is 6. The molecule has 0 spiro atoms. The Morgan fingerprint density at radius 3 is 2.71 bits per heavy atom. The van der Waals surface area contributed by atoms with Gasteiger partial charge in [0, 0.05) is 17.8 Å². The molecule has 0 aliphatic carbocycles. The number of ether oxygens (including phenoxy) is 1. The van der Waals surface area contributed by atoms with Crippen molar-refractivity contribution in [2.45, 2.75) is 0 Å². The quantitative estimate of drug-likeness (QED) is 0.486. The molecule has 0 unspecified atom stereocenters. The fourth-order valence-electron chi connectivity index (χ4n) is 1.74. The number of carbonyl (C=O) groups excluding carboxylic acids is 1. The molecule has 0 aliphatic rings. The van der Waals surface area contributed by atoms with E-state index in [1.54, 1.807) is 18.2 Å². The van der Waals surface area contributed by atoms with Crippen molar-refractivity contribution in [3.05, 3.63) is 66.2 Å². The first-order valence-electron chi connectivity index (χ1n) is 6.73. The van der Waals surface area contributed by atoms with Gasteiger partial charge in [-0.25, -0.2) is 0 Å². The summed E-state index contributed by atoms with van der Waals surface area (Å²) in [4.78, 5) is 11.6. The Morgan fingerprint density at radius 2 is 1.95 bits per heavy atom. The van der Waals surface area contributed by atoms with Crippen LogP contribution in [0, 0.1) is 0 Å². The summed E-state index contributed by atoms with van der Waals surface area (Å²) in [7, 11) is 0. The summed E-state index contributed by atoms with van der Waals surface area (Å²) >= 11 is 0. The molecular formula is C17H18N2O2. The molecule has 0 atom stereocenters. The van der Waals surface area contributed by atoms with Crippen LogP contribution in [-0.2, 0) is 4.79 Å². The first kappa shape index (κ1) is 14.7. The van der Waals surface area contributed by atoms with Gasteiger partial charge in [-0.15, -0.1) is 0 Å². The van der Waals surface area contributed by atoms with Crippen LogP contribution < -0.4 is 15.8 Å². The summed E-state index contributed by atoms with van der Waals surface area (Å²) in [6, 6.07) is 16.9. The Kier molecular flexibility index (Phi) is 5.41. The zero-order chi connectivity index (χ0) is 14.9. The van der Waals surface area contributed by atoms with E-state index in [1.165, 1.54) is 6.08 Å². The lowest BCUT2D eigenvalue weighted by atomic mass is 10.2. The second kappa shape index (κ2) is 7.75. The van der Waals surface area contributed by atoms with Crippen LogP contribution in [0.5, 0.6) is 5.75 Å². The molecule has 21 heavy (non-hydrogen) atoms. The number of anilines is 1. The summed E-state index contributed by atoms with van der Waals surface area (Å²) < 4.78 is 5.48. The summed E-state index contributed by atoms with van der Waals surface area (Å²) in [6.45, 7) is 0.834. The number of hydrogen-bond acceptors (Lipinski definition) is 3. The van der Waals surface area contributed by atoms with Gasteiger partial charge in [-0.2, -0.15) is 0 Å². The molecule has 0 heterocycles. The number of amides is 1. The van der Waals surface area contributed by atoms with E-state index in [0.717, 1.165) is 5.56 Å². The molecule has 0 radical (unpaired) electrons. The van der Waals surface area contributed by atoms with Gasteiger partial charge in [0.1, 0.15) is 12.4 Å². The van der Waals surface area contributed by atoms with Crippen LogP contribution in [0.3, 0.4) is 0 Å². The highest BCUT2D eigenvalue weighted by Crippen LogP contribution is 2.13. The first-order chi connectivity index (χ1) is 10.2. The fraction of sp³-hybridized carbons (Fsp3) is 0.118. The predicted octanol–water partition coefficient (Wildman–Crippen LogP) is 2.48. The maximum atomic E-state index is 11.6. The van der Waals surface area contributed by atoms with Crippen molar-refractivity contribution in [2.24, 2.45) is 0 Å². The number of carbonyl (C=O) groups is 1. The maximum absolute atomic E-state index is 11.6. The second-order valence-electron chi connectivity index (χ2n) is 4.46. The molecule has 0 aliphatic heterocycles. The Morgan fingerprint density at radius 1 is 1.14 bits per heavy atom. The van der Waals surface area contributed by atoms with Gasteiger partial charge in [-0.3, -0.25) is 4.79 Å². The lowest BCUT2D eigenvalue weighted by molar-refractivity contribution is -0.116. The van der Waals surface area contributed by atoms with Gasteiger partial charge in [0.15, 0.2) is 0 Å². The molecule has 2 aromatic rings. The van der Waals surface area contributed by atoms with Gasteiger partial charge >= 0.3 is 0 Å². The van der Waals surface area contributed by atoms with Crippen molar-refractivity contribution >= 4 is 17.7 Å². The molecule has 0 saturated heterocycles. The molecule has 108 valence electrons. The van der Waals surface area contributed by atoms with Crippen LogP contribution in [0.4, 0.5) is 5.69 Å². The normalized spacial score (nSPS) is 10.5. The Balaban J connectivity index is 1.69. The zero-order valence-corrected chi connectivity index (χ0v) is 11.7. The minimum atomic E-state index is -0.143. The molecule has 4 nitrogen and oxygen atoms in total. The zero-order valence-electron chi connectivity index (χ0n) is 11.7. The average molecular weight is 282 g/mol. The minimum Gasteiger partial charge on any atom is -0.492 e. The molecule has 1 amide bonds. The SMILES string of the molecule is Nc1cccc(OCCNC(=O)C=Cc2ccccc2)c1. The predicted molar refractivity (Wildman–Crippen MR) is 84.8 cm³/mol. The number of nitrogen functional groups attached to an aromatic ring is 1. The molecule has 2 aromatic carbocycles. The van der Waals surface area contributed by atoms with Crippen LogP contribution >= 0.6 is 0 Å². The Hall–Kier alpha value is -2.75. The summed E-state index contributed by atoms with van der Waals surface area (Å²) in [5.74, 6) is 0.555. The van der Waals surface area contributed by atoms with E-state index in [-0.39, 0.29) is 5.91 Å². The van der Waals surface area contributed by atoms with Crippen LogP contribution in [0.15, 0.2) is 60.7 Å². The molecular weight excluding hydrogens is 264 g/mol. The number of hydrogen-bond donors (Lipinski definition) is 2. The summed E-state index contributed by atoms with van der Waals surface area (Å²) in [5.41, 5.74) is 7.29. The average Bonchev–Trinajstić information content (AvgIpc) is 2.51. The van der Waals surface area contributed by atoms with Crippen LogP contribution in [0.1, 0.15) is 5.56 Å². The molecule has 0 fully saturated rings. The molecule has 0 bridgehead atoms. The van der Waals surface area contributed by atoms with E-state index >= 15 is 0 Å². The summed E-state index contributed by atoms with van der Waals surface area (Å²) in [5, 5.41) is 2.76. The lowest BCUT2D eigenvalue weighted by Crippen LogP contribution is -2.26. The number of nitrogens with one attached hydrogen (secondary N) is 1. The van der Waals surface area contributed by atoms with E-state index in [4.69, 9.17) is 10.5 Å². The van der Waals surface area contributed by atoms with E-state index in [1.807, 2.05) is 42.5 Å². The molecule has 0 aromatic heterocycles. The third-order valence-electron chi connectivity index (χ3n) is 2.75. The highest BCUT2D eigenvalue weighted by atomic mass is 16.5. The van der Waals surface area contributed by atoms with Crippen molar-refractivity contribution in [3.8, 4) is 5.75 Å². The van der Waals surface area contributed by atoms with Crippen LogP contribution in [0.2, 0.25) is 0 Å². The van der Waals surface area contributed by atoms with Gasteiger partial charge in [0.25, 0.3) is 0 Å². The van der Waals surface area contributed by atoms with E-state index in [0.29, 0.717) is 24.6 Å². The van der Waals surface area contributed by atoms with E-state index in [9.17, 15) is 4.79 Å². The van der Waals surface area contributed by atoms with Crippen molar-refractivity contribution in [1.82, 2.24) is 5.32 Å². The van der Waals surface area contributed by atoms with Crippen LogP contribution in [-0.4, -0.2) is 19.1 Å². The van der Waals surface area contributed by atoms with Crippen LogP contribution in [0.25, 0.3) is 6.08 Å². The highest BCUT2D eigenvalue weighted by molar-refractivity contribution is 5.91. The molecule has 3 N–H and O–H groups in total. The van der Waals surface area contributed by atoms with Gasteiger partial charge in [0.05, 0.1) is 6.54 Å². The summed E-state index contributed by atoms with van der Waals surface area (Å²) in [6.07, 6.45) is 3.28. The maximum Gasteiger partial charge on any atom is 0.244 e. The van der Waals surface area contributed by atoms with Crippen molar-refractivity contribution in [2.75, 3.05) is 18.9 Å². The van der Waals surface area contributed by atoms with Gasteiger partial charge < -0.3 is 15.8 Å². The van der Waals surface area contributed by atoms with E-state index in [2.05, 4.69) is 5.32 Å². The third kappa shape index (κ3) is 5.40. The monoisotopic (exact) mass is 282 g/mol. The molecule has 2 rings (SSSR count). The number of benzene rings is 2. The Labute approximate surface area is 124 Å². The van der Waals surface area contributed by atoms with Gasteiger partial charge in [-0.1, -0.05) is 36.4 Å². The third-order valence-corrected chi connectivity index (χ3v) is 2.75. The lowest BCUT2D eigenvalue weighted by Gasteiger charge is -2.07. The molecule has 4 heteroatoms. The largest absolute Gasteiger partial charge is 0.492 e. The first-order valence-corrected chi connectivity index (χ1v) is 6.73. The van der Waals surface area contributed by atoms with Crippen molar-refractivity contribution < 1.29 is 9.53 Å². The van der Waals surface area contributed by atoms with Gasteiger partial charge in [0.2, 0.25) is 5.91 Å². The smallest absolute Gasteiger partial charge is 0.244 e.